The highest BCUT2D eigenvalue weighted by Crippen LogP contribution is 2.34. The Bertz CT molecular complexity index is 1160. The van der Waals surface area contributed by atoms with Crippen LogP contribution in [0.15, 0.2) is 67.3 Å². The number of hydrogen-bond acceptors (Lipinski definition) is 6. The van der Waals surface area contributed by atoms with E-state index in [4.69, 9.17) is 4.98 Å². The first-order valence-corrected chi connectivity index (χ1v) is 10.3. The van der Waals surface area contributed by atoms with E-state index < -0.39 is 0 Å². The highest BCUT2D eigenvalue weighted by atomic mass is 15.2. The molecule has 30 heavy (non-hydrogen) atoms. The number of rotatable bonds is 5. The molecule has 6 nitrogen and oxygen atoms in total. The monoisotopic (exact) mass is 396 g/mol. The van der Waals surface area contributed by atoms with Gasteiger partial charge in [0, 0.05) is 41.9 Å². The molecule has 0 spiro atoms. The van der Waals surface area contributed by atoms with E-state index in [9.17, 15) is 0 Å². The van der Waals surface area contributed by atoms with Crippen molar-refractivity contribution in [1.29, 1.82) is 0 Å². The normalized spacial score (nSPS) is 16.8. The van der Waals surface area contributed by atoms with Crippen molar-refractivity contribution in [3.63, 3.8) is 0 Å². The van der Waals surface area contributed by atoms with Crippen molar-refractivity contribution >= 4 is 22.4 Å². The smallest absolute Gasteiger partial charge is 0.148 e. The van der Waals surface area contributed by atoms with Gasteiger partial charge in [0.15, 0.2) is 0 Å². The Balaban J connectivity index is 1.38. The first-order chi connectivity index (χ1) is 14.7. The number of likely N-dealkylation sites (tertiary alicyclic amines) is 1. The van der Waals surface area contributed by atoms with Crippen LogP contribution >= 0.6 is 0 Å². The zero-order chi connectivity index (χ0) is 20.3. The predicted molar refractivity (Wildman–Crippen MR) is 118 cm³/mol. The average Bonchev–Trinajstić information content (AvgIpc) is 3.22. The summed E-state index contributed by atoms with van der Waals surface area (Å²) in [5.41, 5.74) is 5.47. The molecule has 0 aliphatic carbocycles. The summed E-state index contributed by atoms with van der Waals surface area (Å²) in [6.07, 6.45) is 9.24. The standard InChI is InChI=1S/C24H24N6/c1-17-12-20(29-24-15-25-9-10-27-24)14-22(28-17)23-5-3-11-30(23)16-18-6-7-21-19(13-18)4-2-8-26-21/h2,4,6-10,12-15,23H,3,5,11,16H2,1H3,(H,27,28,29)/t23-/m1/s1. The lowest BCUT2D eigenvalue weighted by atomic mass is 10.1. The van der Waals surface area contributed by atoms with E-state index in [1.807, 2.05) is 25.3 Å². The van der Waals surface area contributed by atoms with Crippen LogP contribution in [0.5, 0.6) is 0 Å². The summed E-state index contributed by atoms with van der Waals surface area (Å²) in [7, 11) is 0. The molecular formula is C24H24N6. The van der Waals surface area contributed by atoms with Crippen LogP contribution in [0.2, 0.25) is 0 Å². The lowest BCUT2D eigenvalue weighted by molar-refractivity contribution is 0.244. The van der Waals surface area contributed by atoms with Crippen LogP contribution in [-0.2, 0) is 6.54 Å². The van der Waals surface area contributed by atoms with Crippen LogP contribution in [0.4, 0.5) is 11.5 Å². The van der Waals surface area contributed by atoms with Gasteiger partial charge in [-0.15, -0.1) is 0 Å². The number of aryl methyl sites for hydroxylation is 1. The van der Waals surface area contributed by atoms with E-state index in [0.29, 0.717) is 6.04 Å². The molecule has 0 radical (unpaired) electrons. The summed E-state index contributed by atoms with van der Waals surface area (Å²) in [5.74, 6) is 0.738. The van der Waals surface area contributed by atoms with Gasteiger partial charge < -0.3 is 5.32 Å². The van der Waals surface area contributed by atoms with E-state index in [0.717, 1.165) is 47.9 Å². The number of fused-ring (bicyclic) bond motifs is 1. The lowest BCUT2D eigenvalue weighted by Gasteiger charge is -2.25. The number of pyridine rings is 2. The summed E-state index contributed by atoms with van der Waals surface area (Å²) < 4.78 is 0. The highest BCUT2D eigenvalue weighted by molar-refractivity contribution is 5.78. The topological polar surface area (TPSA) is 66.8 Å². The third-order valence-electron chi connectivity index (χ3n) is 5.57. The maximum atomic E-state index is 4.87. The third kappa shape index (κ3) is 4.00. The molecule has 1 saturated heterocycles. The molecule has 6 heteroatoms. The van der Waals surface area contributed by atoms with Crippen molar-refractivity contribution in [2.24, 2.45) is 0 Å². The Morgan fingerprint density at radius 1 is 1.07 bits per heavy atom. The van der Waals surface area contributed by atoms with E-state index in [1.54, 1.807) is 18.6 Å². The van der Waals surface area contributed by atoms with Crippen LogP contribution in [0, 0.1) is 6.92 Å². The lowest BCUT2D eigenvalue weighted by Crippen LogP contribution is -2.23. The van der Waals surface area contributed by atoms with Gasteiger partial charge in [0.1, 0.15) is 5.82 Å². The molecule has 5 rings (SSSR count). The molecule has 1 aliphatic heterocycles. The molecule has 150 valence electrons. The molecule has 0 unspecified atom stereocenters. The minimum Gasteiger partial charge on any atom is -0.339 e. The number of nitrogens with zero attached hydrogens (tertiary/aromatic N) is 5. The van der Waals surface area contributed by atoms with Crippen LogP contribution in [-0.4, -0.2) is 31.4 Å². The molecule has 0 amide bonds. The predicted octanol–water partition coefficient (Wildman–Crippen LogP) is 4.81. The van der Waals surface area contributed by atoms with E-state index in [1.165, 1.54) is 17.4 Å². The Kier molecular flexibility index (Phi) is 5.07. The summed E-state index contributed by atoms with van der Waals surface area (Å²) in [6, 6.07) is 15.2. The maximum absolute atomic E-state index is 4.87. The van der Waals surface area contributed by atoms with Crippen LogP contribution in [0.25, 0.3) is 10.9 Å². The second-order valence-electron chi connectivity index (χ2n) is 7.80. The fraction of sp³-hybridized carbons (Fsp3) is 0.250. The van der Waals surface area contributed by atoms with Gasteiger partial charge in [0.25, 0.3) is 0 Å². The maximum Gasteiger partial charge on any atom is 0.148 e. The van der Waals surface area contributed by atoms with Gasteiger partial charge in [-0.2, -0.15) is 0 Å². The van der Waals surface area contributed by atoms with Gasteiger partial charge >= 0.3 is 0 Å². The summed E-state index contributed by atoms with van der Waals surface area (Å²) in [4.78, 5) is 20.3. The Labute approximate surface area is 176 Å². The molecule has 4 aromatic rings. The van der Waals surface area contributed by atoms with Crippen molar-refractivity contribution in [3.05, 3.63) is 84.2 Å². The number of nitrogens with one attached hydrogen (secondary N) is 1. The molecule has 1 fully saturated rings. The van der Waals surface area contributed by atoms with Crippen LogP contribution in [0.1, 0.15) is 35.8 Å². The zero-order valence-corrected chi connectivity index (χ0v) is 17.0. The minimum absolute atomic E-state index is 0.317. The number of hydrogen-bond donors (Lipinski definition) is 1. The van der Waals surface area contributed by atoms with E-state index in [2.05, 4.69) is 55.5 Å². The summed E-state index contributed by atoms with van der Waals surface area (Å²) >= 11 is 0. The van der Waals surface area contributed by atoms with Gasteiger partial charge in [-0.3, -0.25) is 19.9 Å². The Morgan fingerprint density at radius 2 is 2.03 bits per heavy atom. The van der Waals surface area contributed by atoms with Crippen molar-refractivity contribution < 1.29 is 0 Å². The average molecular weight is 396 g/mol. The van der Waals surface area contributed by atoms with Gasteiger partial charge in [0.2, 0.25) is 0 Å². The number of benzene rings is 1. The first-order valence-electron chi connectivity index (χ1n) is 10.3. The number of anilines is 2. The van der Waals surface area contributed by atoms with Crippen molar-refractivity contribution in [1.82, 2.24) is 24.8 Å². The first kappa shape index (κ1) is 18.6. The molecule has 0 bridgehead atoms. The fourth-order valence-corrected chi connectivity index (χ4v) is 4.26. The van der Waals surface area contributed by atoms with Crippen LogP contribution < -0.4 is 5.32 Å². The molecule has 1 aliphatic rings. The Hall–Kier alpha value is -3.38. The van der Waals surface area contributed by atoms with E-state index >= 15 is 0 Å². The van der Waals surface area contributed by atoms with Crippen molar-refractivity contribution in [2.75, 3.05) is 11.9 Å². The molecule has 1 atom stereocenters. The molecule has 0 saturated carbocycles. The summed E-state index contributed by atoms with van der Waals surface area (Å²) in [5, 5.41) is 4.54. The zero-order valence-electron chi connectivity index (χ0n) is 17.0. The molecule has 1 N–H and O–H groups in total. The fourth-order valence-electron chi connectivity index (χ4n) is 4.26. The quantitative estimate of drug-likeness (QED) is 0.522. The molecule has 4 heterocycles. The van der Waals surface area contributed by atoms with Crippen molar-refractivity contribution in [2.45, 2.75) is 32.4 Å². The third-order valence-corrected chi connectivity index (χ3v) is 5.57. The van der Waals surface area contributed by atoms with Gasteiger partial charge in [-0.1, -0.05) is 12.1 Å². The van der Waals surface area contributed by atoms with Gasteiger partial charge in [-0.05, 0) is 62.2 Å². The van der Waals surface area contributed by atoms with Gasteiger partial charge in [-0.25, -0.2) is 4.98 Å². The largest absolute Gasteiger partial charge is 0.339 e. The van der Waals surface area contributed by atoms with Crippen molar-refractivity contribution in [3.8, 4) is 0 Å². The van der Waals surface area contributed by atoms with Gasteiger partial charge in [0.05, 0.1) is 23.4 Å². The second-order valence-corrected chi connectivity index (χ2v) is 7.80. The van der Waals surface area contributed by atoms with Crippen LogP contribution in [0.3, 0.4) is 0 Å². The molecule has 3 aromatic heterocycles. The van der Waals surface area contributed by atoms with E-state index in [-0.39, 0.29) is 0 Å². The molecule has 1 aromatic carbocycles. The SMILES string of the molecule is Cc1cc(Nc2cnccn2)cc([C@H]2CCCN2Cc2ccc3ncccc3c2)n1. The Morgan fingerprint density at radius 3 is 2.93 bits per heavy atom. The highest BCUT2D eigenvalue weighted by Gasteiger charge is 2.27. The number of aromatic nitrogens is 4. The minimum atomic E-state index is 0.317. The molecular weight excluding hydrogens is 372 g/mol. The second kappa shape index (κ2) is 8.16. The summed E-state index contributed by atoms with van der Waals surface area (Å²) in [6.45, 7) is 4.04.